The molecule has 9 heteroatoms. The number of benzene rings is 1. The summed E-state index contributed by atoms with van der Waals surface area (Å²) in [5, 5.41) is 7.07. The Morgan fingerprint density at radius 1 is 1.10 bits per heavy atom. The third kappa shape index (κ3) is 3.95. The third-order valence-electron chi connectivity index (χ3n) is 5.59. The van der Waals surface area contributed by atoms with Gasteiger partial charge < -0.3 is 10.2 Å². The largest absolute Gasteiger partial charge is 0.410 e. The molecule has 2 aliphatic heterocycles. The fourth-order valence-electron chi connectivity index (χ4n) is 4.05. The molecule has 0 aliphatic carbocycles. The van der Waals surface area contributed by atoms with Crippen molar-refractivity contribution in [3.05, 3.63) is 46.6 Å². The van der Waals surface area contributed by atoms with Gasteiger partial charge in [0.25, 0.3) is 5.91 Å². The number of halogens is 4. The third-order valence-corrected chi connectivity index (χ3v) is 5.95. The maximum atomic E-state index is 13.8. The number of anilines is 1. The number of carbonyl (C=O) groups excluding carboxylic acids is 1. The van der Waals surface area contributed by atoms with Crippen LogP contribution >= 0.6 is 11.6 Å². The Bertz CT molecular complexity index is 876. The van der Waals surface area contributed by atoms with Gasteiger partial charge in [-0.15, -0.1) is 0 Å². The van der Waals surface area contributed by atoms with Crippen molar-refractivity contribution in [1.29, 1.82) is 0 Å². The standard InChI is InChI=1S/C20H22ClF3N4O/c21-16-17(19(29)27-10-6-1-2-7-11-27)26-28-15(20(22,23)24)12-14(25-18(16)28)13-8-4-3-5-9-13/h3-5,8-9,14-15,25H,1-2,6-7,10-12H2/t14-,15+/m0/s1. The molecule has 0 spiro atoms. The van der Waals surface area contributed by atoms with Gasteiger partial charge in [0.1, 0.15) is 10.8 Å². The van der Waals surface area contributed by atoms with E-state index in [0.29, 0.717) is 13.1 Å². The highest BCUT2D eigenvalue weighted by atomic mass is 35.5. The van der Waals surface area contributed by atoms with Crippen molar-refractivity contribution in [2.24, 2.45) is 0 Å². The molecule has 0 bridgehead atoms. The van der Waals surface area contributed by atoms with Gasteiger partial charge in [-0.25, -0.2) is 4.68 Å². The quantitative estimate of drug-likeness (QED) is 0.716. The first kappa shape index (κ1) is 20.1. The molecule has 1 aromatic heterocycles. The molecule has 1 saturated heterocycles. The Balaban J connectivity index is 1.71. The van der Waals surface area contributed by atoms with Crippen LogP contribution in [0.4, 0.5) is 19.0 Å². The van der Waals surface area contributed by atoms with Crippen LogP contribution < -0.4 is 5.32 Å². The van der Waals surface area contributed by atoms with E-state index in [1.807, 2.05) is 6.07 Å². The number of rotatable bonds is 2. The average molecular weight is 427 g/mol. The van der Waals surface area contributed by atoms with Gasteiger partial charge in [-0.1, -0.05) is 54.8 Å². The number of nitrogens with zero attached hydrogens (tertiary/aromatic N) is 3. The van der Waals surface area contributed by atoms with E-state index in [-0.39, 0.29) is 23.0 Å². The van der Waals surface area contributed by atoms with Crippen LogP contribution in [-0.2, 0) is 0 Å². The second-order valence-corrected chi connectivity index (χ2v) is 7.94. The maximum Gasteiger partial charge on any atom is 0.410 e. The van der Waals surface area contributed by atoms with Gasteiger partial charge >= 0.3 is 6.18 Å². The maximum absolute atomic E-state index is 13.8. The van der Waals surface area contributed by atoms with Crippen LogP contribution in [0.2, 0.25) is 5.02 Å². The Morgan fingerprint density at radius 2 is 1.76 bits per heavy atom. The van der Waals surface area contributed by atoms with E-state index >= 15 is 0 Å². The Hall–Kier alpha value is -2.22. The Labute approximate surface area is 171 Å². The lowest BCUT2D eigenvalue weighted by atomic mass is 9.97. The van der Waals surface area contributed by atoms with Crippen LogP contribution in [0.5, 0.6) is 0 Å². The average Bonchev–Trinajstić information content (AvgIpc) is 2.88. The predicted octanol–water partition coefficient (Wildman–Crippen LogP) is 5.21. The molecule has 1 aromatic carbocycles. The molecule has 2 aliphatic rings. The number of fused-ring (bicyclic) bond motifs is 1. The number of amides is 1. The summed E-state index contributed by atoms with van der Waals surface area (Å²) in [6, 6.07) is 6.48. The molecule has 0 radical (unpaired) electrons. The van der Waals surface area contributed by atoms with E-state index in [4.69, 9.17) is 11.6 Å². The zero-order chi connectivity index (χ0) is 20.6. The minimum Gasteiger partial charge on any atom is -0.362 e. The van der Waals surface area contributed by atoms with E-state index in [1.54, 1.807) is 29.2 Å². The van der Waals surface area contributed by atoms with Gasteiger partial charge in [-0.3, -0.25) is 4.79 Å². The topological polar surface area (TPSA) is 50.2 Å². The normalized spacial score (nSPS) is 22.6. The zero-order valence-electron chi connectivity index (χ0n) is 15.8. The summed E-state index contributed by atoms with van der Waals surface area (Å²) in [4.78, 5) is 14.6. The summed E-state index contributed by atoms with van der Waals surface area (Å²) >= 11 is 6.40. The highest BCUT2D eigenvalue weighted by Gasteiger charge is 2.48. The van der Waals surface area contributed by atoms with E-state index in [1.165, 1.54) is 0 Å². The van der Waals surface area contributed by atoms with Crippen LogP contribution in [-0.4, -0.2) is 39.9 Å². The minimum atomic E-state index is -4.51. The summed E-state index contributed by atoms with van der Waals surface area (Å²) in [5.74, 6) is -0.356. The molecule has 0 saturated carbocycles. The van der Waals surface area contributed by atoms with E-state index in [2.05, 4.69) is 10.4 Å². The molecule has 1 amide bonds. The Morgan fingerprint density at radius 3 is 2.38 bits per heavy atom. The van der Waals surface area contributed by atoms with Crippen LogP contribution in [0.25, 0.3) is 0 Å². The number of nitrogens with one attached hydrogen (secondary N) is 1. The van der Waals surface area contributed by atoms with Gasteiger partial charge in [0.15, 0.2) is 11.7 Å². The van der Waals surface area contributed by atoms with Crippen molar-refractivity contribution in [2.75, 3.05) is 18.4 Å². The van der Waals surface area contributed by atoms with Gasteiger partial charge in [0, 0.05) is 19.5 Å². The SMILES string of the molecule is O=C(c1nn2c(c1Cl)N[C@H](c1ccccc1)C[C@@H]2C(F)(F)F)N1CCCCCC1. The fourth-order valence-corrected chi connectivity index (χ4v) is 4.31. The van der Waals surface area contributed by atoms with Crippen molar-refractivity contribution in [3.63, 3.8) is 0 Å². The molecule has 156 valence electrons. The summed E-state index contributed by atoms with van der Waals surface area (Å²) in [5.41, 5.74) is 0.615. The summed E-state index contributed by atoms with van der Waals surface area (Å²) in [6.45, 7) is 1.14. The molecule has 1 N–H and O–H groups in total. The molecule has 1 fully saturated rings. The van der Waals surface area contributed by atoms with Gasteiger partial charge in [0.05, 0.1) is 6.04 Å². The van der Waals surface area contributed by atoms with Crippen molar-refractivity contribution in [1.82, 2.24) is 14.7 Å². The zero-order valence-corrected chi connectivity index (χ0v) is 16.5. The van der Waals surface area contributed by atoms with Crippen LogP contribution in [0.1, 0.15) is 60.2 Å². The molecule has 5 nitrogen and oxygen atoms in total. The molecule has 3 heterocycles. The highest BCUT2D eigenvalue weighted by molar-refractivity contribution is 6.36. The highest BCUT2D eigenvalue weighted by Crippen LogP contribution is 2.46. The molecule has 2 atom stereocenters. The lowest BCUT2D eigenvalue weighted by Crippen LogP contribution is -2.36. The summed E-state index contributed by atoms with van der Waals surface area (Å²) in [6.07, 6.45) is -0.924. The van der Waals surface area contributed by atoms with Crippen molar-refractivity contribution >= 4 is 23.3 Å². The van der Waals surface area contributed by atoms with Gasteiger partial charge in [-0.05, 0) is 18.4 Å². The first-order valence-electron chi connectivity index (χ1n) is 9.81. The molecular formula is C20H22ClF3N4O. The van der Waals surface area contributed by atoms with E-state index in [9.17, 15) is 18.0 Å². The number of carbonyl (C=O) groups is 1. The van der Waals surface area contributed by atoms with Crippen molar-refractivity contribution < 1.29 is 18.0 Å². The smallest absolute Gasteiger partial charge is 0.362 e. The first-order valence-corrected chi connectivity index (χ1v) is 10.2. The Kier molecular flexibility index (Phi) is 5.46. The molecule has 0 unspecified atom stereocenters. The van der Waals surface area contributed by atoms with Crippen LogP contribution in [0, 0.1) is 0 Å². The monoisotopic (exact) mass is 426 g/mol. The predicted molar refractivity (Wildman–Crippen MR) is 104 cm³/mol. The summed E-state index contributed by atoms with van der Waals surface area (Å²) < 4.78 is 42.3. The molecule has 4 rings (SSSR count). The number of hydrogen-bond donors (Lipinski definition) is 1. The van der Waals surface area contributed by atoms with E-state index < -0.39 is 24.2 Å². The lowest BCUT2D eigenvalue weighted by Gasteiger charge is -2.33. The number of hydrogen-bond acceptors (Lipinski definition) is 3. The second kappa shape index (κ2) is 7.89. The lowest BCUT2D eigenvalue weighted by molar-refractivity contribution is -0.173. The second-order valence-electron chi connectivity index (χ2n) is 7.56. The van der Waals surface area contributed by atoms with Gasteiger partial charge in [-0.2, -0.15) is 18.3 Å². The van der Waals surface area contributed by atoms with Crippen LogP contribution in [0.3, 0.4) is 0 Å². The molecular weight excluding hydrogens is 405 g/mol. The summed E-state index contributed by atoms with van der Waals surface area (Å²) in [7, 11) is 0. The number of aromatic nitrogens is 2. The minimum absolute atomic E-state index is 0.0471. The van der Waals surface area contributed by atoms with Crippen molar-refractivity contribution in [2.45, 2.75) is 50.4 Å². The molecule has 29 heavy (non-hydrogen) atoms. The number of likely N-dealkylation sites (tertiary alicyclic amines) is 1. The van der Waals surface area contributed by atoms with Gasteiger partial charge in [0.2, 0.25) is 0 Å². The van der Waals surface area contributed by atoms with Crippen LogP contribution in [0.15, 0.2) is 30.3 Å². The fraction of sp³-hybridized carbons (Fsp3) is 0.500. The number of alkyl halides is 3. The van der Waals surface area contributed by atoms with E-state index in [0.717, 1.165) is 35.9 Å². The first-order chi connectivity index (χ1) is 13.9. The molecule has 2 aromatic rings. The van der Waals surface area contributed by atoms with Crippen molar-refractivity contribution in [3.8, 4) is 0 Å².